The van der Waals surface area contributed by atoms with Gasteiger partial charge in [0.05, 0.1) is 11.5 Å². The number of sulfonamides is 1. The zero-order chi connectivity index (χ0) is 17.6. The Kier molecular flexibility index (Phi) is 5.98. The molecular weight excluding hydrogens is 326 g/mol. The van der Waals surface area contributed by atoms with Crippen molar-refractivity contribution in [3.63, 3.8) is 0 Å². The summed E-state index contributed by atoms with van der Waals surface area (Å²) in [5.41, 5.74) is 2.33. The summed E-state index contributed by atoms with van der Waals surface area (Å²) >= 11 is 0. The fraction of sp³-hybridized carbons (Fsp3) is 0.278. The molecular formula is C18H21NO4S. The van der Waals surface area contributed by atoms with Gasteiger partial charge in [0.25, 0.3) is 10.0 Å². The van der Waals surface area contributed by atoms with Crippen LogP contribution >= 0.6 is 0 Å². The molecule has 0 aliphatic carbocycles. The number of ether oxygens (including phenoxy) is 1. The van der Waals surface area contributed by atoms with Gasteiger partial charge in [0.2, 0.25) is 0 Å². The third-order valence-corrected chi connectivity index (χ3v) is 4.83. The van der Waals surface area contributed by atoms with Gasteiger partial charge in [-0.25, -0.2) is 8.42 Å². The second-order valence-corrected chi connectivity index (χ2v) is 7.11. The molecule has 24 heavy (non-hydrogen) atoms. The summed E-state index contributed by atoms with van der Waals surface area (Å²) in [7, 11) is -3.63. The molecule has 0 aliphatic heterocycles. The van der Waals surface area contributed by atoms with Crippen LogP contribution in [-0.2, 0) is 26.0 Å². The van der Waals surface area contributed by atoms with Gasteiger partial charge in [-0.1, -0.05) is 29.8 Å². The van der Waals surface area contributed by atoms with Gasteiger partial charge in [0, 0.05) is 12.1 Å². The van der Waals surface area contributed by atoms with Gasteiger partial charge in [-0.3, -0.25) is 9.52 Å². The highest BCUT2D eigenvalue weighted by atomic mass is 32.2. The van der Waals surface area contributed by atoms with E-state index in [9.17, 15) is 13.2 Å². The van der Waals surface area contributed by atoms with Crippen LogP contribution in [-0.4, -0.2) is 21.0 Å². The van der Waals surface area contributed by atoms with Gasteiger partial charge < -0.3 is 4.74 Å². The maximum atomic E-state index is 12.4. The molecule has 0 heterocycles. The van der Waals surface area contributed by atoms with Crippen molar-refractivity contribution in [2.24, 2.45) is 0 Å². The number of hydrogen-bond acceptors (Lipinski definition) is 4. The summed E-state index contributed by atoms with van der Waals surface area (Å²) in [5.74, 6) is -0.261. The monoisotopic (exact) mass is 347 g/mol. The second kappa shape index (κ2) is 7.97. The lowest BCUT2D eigenvalue weighted by Crippen LogP contribution is -2.13. The molecule has 2 rings (SSSR count). The number of carbonyl (C=O) groups excluding carboxylic acids is 1. The first-order valence-electron chi connectivity index (χ1n) is 7.75. The van der Waals surface area contributed by atoms with Crippen molar-refractivity contribution in [2.75, 3.05) is 11.3 Å². The highest BCUT2D eigenvalue weighted by Crippen LogP contribution is 2.18. The molecule has 0 bridgehead atoms. The molecule has 1 N–H and O–H groups in total. The molecule has 0 aromatic heterocycles. The number of aryl methyl sites for hydroxylation is 2. The molecule has 0 unspecified atom stereocenters. The van der Waals surface area contributed by atoms with Crippen LogP contribution in [0.3, 0.4) is 0 Å². The van der Waals surface area contributed by atoms with E-state index in [0.717, 1.165) is 11.1 Å². The van der Waals surface area contributed by atoms with Crippen LogP contribution < -0.4 is 4.72 Å². The van der Waals surface area contributed by atoms with Crippen LogP contribution in [0.2, 0.25) is 0 Å². The lowest BCUT2D eigenvalue weighted by Gasteiger charge is -2.10. The first-order chi connectivity index (χ1) is 11.4. The normalized spacial score (nSPS) is 11.1. The topological polar surface area (TPSA) is 72.5 Å². The van der Waals surface area contributed by atoms with E-state index in [1.54, 1.807) is 49.4 Å². The molecule has 0 amide bonds. The summed E-state index contributed by atoms with van der Waals surface area (Å²) in [6.07, 6.45) is 0.765. The summed E-state index contributed by atoms with van der Waals surface area (Å²) < 4.78 is 32.2. The Morgan fingerprint density at radius 1 is 1.12 bits per heavy atom. The predicted molar refractivity (Wildman–Crippen MR) is 93.4 cm³/mol. The first kappa shape index (κ1) is 18.0. The number of carbonyl (C=O) groups is 1. The molecule has 0 saturated carbocycles. The minimum atomic E-state index is -3.63. The average molecular weight is 347 g/mol. The van der Waals surface area contributed by atoms with Gasteiger partial charge in [-0.2, -0.15) is 0 Å². The number of rotatable bonds is 7. The fourth-order valence-corrected chi connectivity index (χ4v) is 3.25. The Bertz CT molecular complexity index is 798. The van der Waals surface area contributed by atoms with Crippen molar-refractivity contribution in [1.82, 2.24) is 0 Å². The van der Waals surface area contributed by atoms with Gasteiger partial charge in [0.1, 0.15) is 0 Å². The van der Waals surface area contributed by atoms with Crippen molar-refractivity contribution in [3.8, 4) is 0 Å². The average Bonchev–Trinajstić information content (AvgIpc) is 2.53. The lowest BCUT2D eigenvalue weighted by molar-refractivity contribution is -0.143. The van der Waals surface area contributed by atoms with Gasteiger partial charge in [-0.15, -0.1) is 0 Å². The summed E-state index contributed by atoms with van der Waals surface area (Å²) in [5, 5.41) is 0. The van der Waals surface area contributed by atoms with E-state index in [2.05, 4.69) is 4.72 Å². The van der Waals surface area contributed by atoms with E-state index in [-0.39, 0.29) is 17.3 Å². The Labute approximate surface area is 142 Å². The van der Waals surface area contributed by atoms with Crippen molar-refractivity contribution >= 4 is 21.7 Å². The molecule has 0 atom stereocenters. The Balaban J connectivity index is 2.08. The molecule has 0 saturated heterocycles. The standard InChI is InChI=1S/C18H21NO4S/c1-3-23-18(20)12-9-15-5-4-6-16(13-15)19-24(21,22)17-10-7-14(2)8-11-17/h4-8,10-11,13,19H,3,9,12H2,1-2H3. The second-order valence-electron chi connectivity index (χ2n) is 5.42. The molecule has 0 radical (unpaired) electrons. The largest absolute Gasteiger partial charge is 0.466 e. The highest BCUT2D eigenvalue weighted by molar-refractivity contribution is 7.92. The number of anilines is 1. The fourth-order valence-electron chi connectivity index (χ4n) is 2.20. The Morgan fingerprint density at radius 2 is 1.83 bits per heavy atom. The zero-order valence-corrected chi connectivity index (χ0v) is 14.6. The zero-order valence-electron chi connectivity index (χ0n) is 13.8. The first-order valence-corrected chi connectivity index (χ1v) is 9.23. The van der Waals surface area contributed by atoms with Crippen LogP contribution in [0.25, 0.3) is 0 Å². The molecule has 0 spiro atoms. The van der Waals surface area contributed by atoms with Crippen LogP contribution in [0.4, 0.5) is 5.69 Å². The summed E-state index contributed by atoms with van der Waals surface area (Å²) in [6, 6.07) is 13.7. The number of benzene rings is 2. The quantitative estimate of drug-likeness (QED) is 0.780. The molecule has 128 valence electrons. The predicted octanol–water partition coefficient (Wildman–Crippen LogP) is 3.29. The molecule has 6 heteroatoms. The van der Waals surface area contributed by atoms with E-state index in [1.165, 1.54) is 0 Å². The van der Waals surface area contributed by atoms with Crippen LogP contribution in [0.15, 0.2) is 53.4 Å². The summed E-state index contributed by atoms with van der Waals surface area (Å²) in [4.78, 5) is 11.6. The Morgan fingerprint density at radius 3 is 2.50 bits per heavy atom. The van der Waals surface area contributed by atoms with Crippen molar-refractivity contribution in [2.45, 2.75) is 31.6 Å². The van der Waals surface area contributed by atoms with E-state index in [0.29, 0.717) is 18.7 Å². The third-order valence-electron chi connectivity index (χ3n) is 3.43. The van der Waals surface area contributed by atoms with Crippen LogP contribution in [0, 0.1) is 6.92 Å². The smallest absolute Gasteiger partial charge is 0.306 e. The van der Waals surface area contributed by atoms with Crippen LogP contribution in [0.1, 0.15) is 24.5 Å². The molecule has 2 aromatic rings. The number of esters is 1. The van der Waals surface area contributed by atoms with Gasteiger partial charge in [0.15, 0.2) is 0 Å². The molecule has 5 nitrogen and oxygen atoms in total. The SMILES string of the molecule is CCOC(=O)CCc1cccc(NS(=O)(=O)c2ccc(C)cc2)c1. The minimum absolute atomic E-state index is 0.213. The third kappa shape index (κ3) is 5.09. The minimum Gasteiger partial charge on any atom is -0.466 e. The number of nitrogens with one attached hydrogen (secondary N) is 1. The van der Waals surface area contributed by atoms with Gasteiger partial charge in [-0.05, 0) is 50.1 Å². The van der Waals surface area contributed by atoms with Crippen molar-refractivity contribution < 1.29 is 17.9 Å². The van der Waals surface area contributed by atoms with Crippen molar-refractivity contribution in [1.29, 1.82) is 0 Å². The Hall–Kier alpha value is -2.34. The van der Waals surface area contributed by atoms with E-state index < -0.39 is 10.0 Å². The van der Waals surface area contributed by atoms with E-state index in [1.807, 2.05) is 13.0 Å². The van der Waals surface area contributed by atoms with E-state index in [4.69, 9.17) is 4.74 Å². The lowest BCUT2D eigenvalue weighted by atomic mass is 10.1. The summed E-state index contributed by atoms with van der Waals surface area (Å²) in [6.45, 7) is 4.02. The maximum Gasteiger partial charge on any atom is 0.306 e. The number of hydrogen-bond donors (Lipinski definition) is 1. The molecule has 0 fully saturated rings. The highest BCUT2D eigenvalue weighted by Gasteiger charge is 2.14. The van der Waals surface area contributed by atoms with Gasteiger partial charge >= 0.3 is 5.97 Å². The molecule has 0 aliphatic rings. The van der Waals surface area contributed by atoms with Crippen LogP contribution in [0.5, 0.6) is 0 Å². The van der Waals surface area contributed by atoms with E-state index >= 15 is 0 Å². The molecule has 2 aromatic carbocycles. The maximum absolute atomic E-state index is 12.4. The van der Waals surface area contributed by atoms with Crippen molar-refractivity contribution in [3.05, 3.63) is 59.7 Å².